The third-order valence-electron chi connectivity index (χ3n) is 4.03. The minimum atomic E-state index is -0.855. The number of allylic oxidation sites excluding steroid dienone is 1. The fourth-order valence-corrected chi connectivity index (χ4v) is 2.25. The lowest BCUT2D eigenvalue weighted by atomic mass is 9.93. The predicted octanol–water partition coefficient (Wildman–Crippen LogP) is 5.83. The summed E-state index contributed by atoms with van der Waals surface area (Å²) < 4.78 is 0. The summed E-state index contributed by atoms with van der Waals surface area (Å²) in [6, 6.07) is 0. The monoisotopic (exact) mass is 340 g/mol. The highest BCUT2D eigenvalue weighted by Crippen LogP contribution is 2.19. The average molecular weight is 341 g/mol. The standard InChI is InChI=1S/C11H20O2.C9H16O2/c1-4-6-10(5-2)8-7-9(3)11(12)13;1-3-4-5-6-7-8(2)9(10)11/h10H,3-8H2,1-2H3,(H,12,13);7H,3-6H2,1-2H3,(H,10,11). The van der Waals surface area contributed by atoms with E-state index in [1.165, 1.54) is 25.7 Å². The van der Waals surface area contributed by atoms with Gasteiger partial charge in [-0.2, -0.15) is 0 Å². The van der Waals surface area contributed by atoms with Crippen LogP contribution in [0.5, 0.6) is 0 Å². The lowest BCUT2D eigenvalue weighted by molar-refractivity contribution is -0.133. The van der Waals surface area contributed by atoms with E-state index in [1.807, 2.05) is 0 Å². The number of rotatable bonds is 12. The Morgan fingerprint density at radius 1 is 1.00 bits per heavy atom. The Kier molecular flexibility index (Phi) is 16.7. The molecule has 0 aromatic rings. The van der Waals surface area contributed by atoms with Crippen molar-refractivity contribution in [1.82, 2.24) is 0 Å². The minimum absolute atomic E-state index is 0.342. The van der Waals surface area contributed by atoms with Gasteiger partial charge in [-0.3, -0.25) is 0 Å². The Morgan fingerprint density at radius 3 is 2.04 bits per heavy atom. The van der Waals surface area contributed by atoms with Gasteiger partial charge in [-0.1, -0.05) is 65.5 Å². The third kappa shape index (κ3) is 15.3. The Labute approximate surface area is 147 Å². The van der Waals surface area contributed by atoms with Crippen LogP contribution in [-0.4, -0.2) is 22.2 Å². The number of carbonyl (C=O) groups is 2. The largest absolute Gasteiger partial charge is 0.478 e. The van der Waals surface area contributed by atoms with Gasteiger partial charge in [0.2, 0.25) is 0 Å². The Morgan fingerprint density at radius 2 is 1.62 bits per heavy atom. The van der Waals surface area contributed by atoms with Gasteiger partial charge in [0.15, 0.2) is 0 Å². The molecule has 0 spiro atoms. The first-order valence-electron chi connectivity index (χ1n) is 9.11. The van der Waals surface area contributed by atoms with Crippen LogP contribution in [0.15, 0.2) is 23.8 Å². The van der Waals surface area contributed by atoms with Crippen molar-refractivity contribution in [3.8, 4) is 0 Å². The molecule has 24 heavy (non-hydrogen) atoms. The zero-order valence-corrected chi connectivity index (χ0v) is 15.9. The van der Waals surface area contributed by atoms with E-state index in [2.05, 4.69) is 27.4 Å². The molecule has 0 radical (unpaired) electrons. The summed E-state index contributed by atoms with van der Waals surface area (Å²) in [6.45, 7) is 11.6. The molecule has 0 fully saturated rings. The van der Waals surface area contributed by atoms with Gasteiger partial charge in [-0.15, -0.1) is 0 Å². The smallest absolute Gasteiger partial charge is 0.330 e. The first kappa shape index (κ1) is 24.7. The van der Waals surface area contributed by atoms with Gasteiger partial charge < -0.3 is 10.2 Å². The number of hydrogen-bond acceptors (Lipinski definition) is 2. The van der Waals surface area contributed by atoms with Gasteiger partial charge in [-0.25, -0.2) is 9.59 Å². The number of aliphatic carboxylic acids is 2. The van der Waals surface area contributed by atoms with Crippen molar-refractivity contribution in [2.24, 2.45) is 5.92 Å². The minimum Gasteiger partial charge on any atom is -0.478 e. The molecule has 0 aliphatic carbocycles. The SMILES string of the molecule is C=C(CCC(CC)CCC)C(=O)O.CCCCCC=C(C)C(=O)O. The molecule has 0 saturated heterocycles. The predicted molar refractivity (Wildman–Crippen MR) is 100 cm³/mol. The van der Waals surface area contributed by atoms with Gasteiger partial charge in [0, 0.05) is 11.1 Å². The van der Waals surface area contributed by atoms with Crippen LogP contribution in [0.2, 0.25) is 0 Å². The molecular formula is C20H36O4. The first-order chi connectivity index (χ1) is 11.3. The molecule has 0 saturated carbocycles. The first-order valence-corrected chi connectivity index (χ1v) is 9.11. The van der Waals surface area contributed by atoms with Crippen LogP contribution in [0.3, 0.4) is 0 Å². The molecule has 0 aromatic carbocycles. The van der Waals surface area contributed by atoms with E-state index < -0.39 is 11.9 Å². The van der Waals surface area contributed by atoms with E-state index >= 15 is 0 Å². The molecule has 0 rings (SSSR count). The van der Waals surface area contributed by atoms with Crippen molar-refractivity contribution in [2.45, 2.75) is 85.5 Å². The van der Waals surface area contributed by atoms with Crippen LogP contribution in [0.4, 0.5) is 0 Å². The summed E-state index contributed by atoms with van der Waals surface area (Å²) in [5.74, 6) is -0.992. The third-order valence-corrected chi connectivity index (χ3v) is 4.03. The highest BCUT2D eigenvalue weighted by Gasteiger charge is 2.09. The molecule has 0 amide bonds. The molecule has 0 bridgehead atoms. The van der Waals surface area contributed by atoms with E-state index in [0.29, 0.717) is 23.5 Å². The quantitative estimate of drug-likeness (QED) is 0.346. The van der Waals surface area contributed by atoms with Gasteiger partial charge >= 0.3 is 11.9 Å². The molecule has 1 unspecified atom stereocenters. The summed E-state index contributed by atoms with van der Waals surface area (Å²) in [5.41, 5.74) is 0.802. The molecule has 0 aromatic heterocycles. The Bertz CT molecular complexity index is 396. The summed E-state index contributed by atoms with van der Waals surface area (Å²) in [4.78, 5) is 20.8. The maximum atomic E-state index is 10.5. The molecule has 0 heterocycles. The van der Waals surface area contributed by atoms with Gasteiger partial charge in [-0.05, 0) is 38.5 Å². The number of carboxylic acid groups (broad SMARTS) is 2. The normalized spacial score (nSPS) is 12.1. The van der Waals surface area contributed by atoms with Crippen LogP contribution in [0.1, 0.15) is 85.5 Å². The maximum Gasteiger partial charge on any atom is 0.330 e. The van der Waals surface area contributed by atoms with E-state index in [9.17, 15) is 9.59 Å². The zero-order chi connectivity index (χ0) is 19.0. The second kappa shape index (κ2) is 16.3. The summed E-state index contributed by atoms with van der Waals surface area (Å²) in [7, 11) is 0. The lowest BCUT2D eigenvalue weighted by Gasteiger charge is -2.12. The van der Waals surface area contributed by atoms with Gasteiger partial charge in [0.05, 0.1) is 0 Å². The number of hydrogen-bond donors (Lipinski definition) is 2. The summed E-state index contributed by atoms with van der Waals surface area (Å²) >= 11 is 0. The molecule has 0 aliphatic heterocycles. The van der Waals surface area contributed by atoms with Crippen molar-refractivity contribution in [3.05, 3.63) is 23.8 Å². The zero-order valence-electron chi connectivity index (χ0n) is 15.9. The fourth-order valence-electron chi connectivity index (χ4n) is 2.25. The highest BCUT2D eigenvalue weighted by atomic mass is 16.4. The van der Waals surface area contributed by atoms with Crippen molar-refractivity contribution in [2.75, 3.05) is 0 Å². The number of carboxylic acids is 2. The molecule has 0 aliphatic rings. The van der Waals surface area contributed by atoms with Crippen molar-refractivity contribution < 1.29 is 19.8 Å². The molecular weight excluding hydrogens is 304 g/mol. The van der Waals surface area contributed by atoms with Crippen LogP contribution >= 0.6 is 0 Å². The Hall–Kier alpha value is -1.58. The van der Waals surface area contributed by atoms with E-state index in [-0.39, 0.29) is 0 Å². The fraction of sp³-hybridized carbons (Fsp3) is 0.700. The maximum absolute atomic E-state index is 10.5. The molecule has 140 valence electrons. The van der Waals surface area contributed by atoms with E-state index in [4.69, 9.17) is 10.2 Å². The summed E-state index contributed by atoms with van der Waals surface area (Å²) in [5, 5.41) is 17.1. The van der Waals surface area contributed by atoms with Gasteiger partial charge in [0.1, 0.15) is 0 Å². The average Bonchev–Trinajstić information content (AvgIpc) is 2.55. The second-order valence-corrected chi connectivity index (χ2v) is 6.20. The topological polar surface area (TPSA) is 74.6 Å². The van der Waals surface area contributed by atoms with Crippen LogP contribution in [0, 0.1) is 5.92 Å². The highest BCUT2D eigenvalue weighted by molar-refractivity contribution is 5.86. The summed E-state index contributed by atoms with van der Waals surface area (Å²) in [6.07, 6.45) is 11.3. The van der Waals surface area contributed by atoms with E-state index in [1.54, 1.807) is 13.0 Å². The van der Waals surface area contributed by atoms with Crippen molar-refractivity contribution in [1.29, 1.82) is 0 Å². The molecule has 4 heteroatoms. The van der Waals surface area contributed by atoms with Crippen LogP contribution in [0.25, 0.3) is 0 Å². The van der Waals surface area contributed by atoms with Crippen LogP contribution < -0.4 is 0 Å². The number of unbranched alkanes of at least 4 members (excludes halogenated alkanes) is 3. The van der Waals surface area contributed by atoms with E-state index in [0.717, 1.165) is 25.7 Å². The lowest BCUT2D eigenvalue weighted by Crippen LogP contribution is -2.03. The molecule has 1 atom stereocenters. The molecule has 4 nitrogen and oxygen atoms in total. The van der Waals surface area contributed by atoms with Crippen molar-refractivity contribution >= 4 is 11.9 Å². The van der Waals surface area contributed by atoms with Crippen molar-refractivity contribution in [3.63, 3.8) is 0 Å². The van der Waals surface area contributed by atoms with Crippen LogP contribution in [-0.2, 0) is 9.59 Å². The molecule has 2 N–H and O–H groups in total. The van der Waals surface area contributed by atoms with Gasteiger partial charge in [0.25, 0.3) is 0 Å². The second-order valence-electron chi connectivity index (χ2n) is 6.20. The Balaban J connectivity index is 0.